The number of carbonyl (C=O) groups excluding carboxylic acids is 1. The van der Waals surface area contributed by atoms with Crippen LogP contribution in [-0.2, 0) is 16.1 Å². The molecule has 0 radical (unpaired) electrons. The molecule has 0 N–H and O–H groups in total. The Balaban J connectivity index is 1.89. The molecule has 0 fully saturated rings. The summed E-state index contributed by atoms with van der Waals surface area (Å²) in [6.45, 7) is 11.5. The van der Waals surface area contributed by atoms with Gasteiger partial charge in [-0.25, -0.2) is 4.79 Å². The molecule has 2 heterocycles. The maximum absolute atomic E-state index is 12.3. The molecule has 0 saturated heterocycles. The Hall–Kier alpha value is -2.41. The van der Waals surface area contributed by atoms with E-state index in [-0.39, 0.29) is 6.09 Å². The lowest BCUT2D eigenvalue weighted by Gasteiger charge is -2.31. The topological polar surface area (TPSA) is 73.2 Å². The van der Waals surface area contributed by atoms with Crippen molar-refractivity contribution in [2.24, 2.45) is 4.99 Å². The summed E-state index contributed by atoms with van der Waals surface area (Å²) in [7, 11) is 1.61. The summed E-state index contributed by atoms with van der Waals surface area (Å²) in [6, 6.07) is 3.73. The van der Waals surface area contributed by atoms with E-state index in [4.69, 9.17) is 14.2 Å². The van der Waals surface area contributed by atoms with Gasteiger partial charge in [-0.3, -0.25) is 9.98 Å². The molecule has 0 bridgehead atoms. The van der Waals surface area contributed by atoms with Crippen LogP contribution in [0.3, 0.4) is 0 Å². The first-order valence-corrected chi connectivity index (χ1v) is 9.45. The lowest BCUT2D eigenvalue weighted by Crippen LogP contribution is -2.40. The van der Waals surface area contributed by atoms with Gasteiger partial charge in [0.1, 0.15) is 11.4 Å². The van der Waals surface area contributed by atoms with Crippen LogP contribution in [0.5, 0.6) is 5.75 Å². The van der Waals surface area contributed by atoms with Crippen molar-refractivity contribution in [2.45, 2.75) is 53.2 Å². The van der Waals surface area contributed by atoms with E-state index in [1.165, 1.54) is 5.57 Å². The first kappa shape index (κ1) is 21.9. The minimum atomic E-state index is -0.504. The second-order valence-electron chi connectivity index (χ2n) is 7.91. The molecule has 0 aromatic carbocycles. The number of nitrogens with zero attached hydrogens (tertiary/aromatic N) is 3. The number of pyridine rings is 1. The minimum absolute atomic E-state index is 0.299. The third-order valence-corrected chi connectivity index (χ3v) is 4.16. The van der Waals surface area contributed by atoms with E-state index in [2.05, 4.69) is 16.9 Å². The second kappa shape index (κ2) is 9.68. The van der Waals surface area contributed by atoms with Gasteiger partial charge >= 0.3 is 6.09 Å². The van der Waals surface area contributed by atoms with Crippen molar-refractivity contribution in [3.63, 3.8) is 0 Å². The quantitative estimate of drug-likeness (QED) is 0.688. The van der Waals surface area contributed by atoms with Gasteiger partial charge < -0.3 is 19.1 Å². The molecule has 7 nitrogen and oxygen atoms in total. The number of hydrogen-bond donors (Lipinski definition) is 0. The predicted molar refractivity (Wildman–Crippen MR) is 109 cm³/mol. The number of carbonyl (C=O) groups is 1. The molecular weight excluding hydrogens is 358 g/mol. The standard InChI is InChI=1S/C21H31N3O4/c1-15-9-10-24(20(25)28-21(3,4)5)12-19(15)23-16(2)13-27-14-17-7-8-18(26-6)11-22-17/h7-8,11H,9-10,12-14H2,1-6H3/b23-16+. The van der Waals surface area contributed by atoms with Gasteiger partial charge in [0.2, 0.25) is 0 Å². The van der Waals surface area contributed by atoms with Crippen LogP contribution in [0.25, 0.3) is 0 Å². The summed E-state index contributed by atoms with van der Waals surface area (Å²) in [5.41, 5.74) is 3.28. The monoisotopic (exact) mass is 389 g/mol. The molecule has 28 heavy (non-hydrogen) atoms. The first-order chi connectivity index (χ1) is 13.2. The van der Waals surface area contributed by atoms with E-state index in [0.717, 1.165) is 29.3 Å². The van der Waals surface area contributed by atoms with E-state index in [1.807, 2.05) is 39.8 Å². The molecule has 7 heteroatoms. The molecule has 2 rings (SSSR count). The van der Waals surface area contributed by atoms with Crippen molar-refractivity contribution in [1.82, 2.24) is 9.88 Å². The molecule has 1 amide bonds. The van der Waals surface area contributed by atoms with Crippen molar-refractivity contribution in [1.29, 1.82) is 0 Å². The fourth-order valence-corrected chi connectivity index (χ4v) is 2.64. The summed E-state index contributed by atoms with van der Waals surface area (Å²) in [5.74, 6) is 0.718. The zero-order chi connectivity index (χ0) is 20.7. The number of rotatable bonds is 6. The van der Waals surface area contributed by atoms with Crippen molar-refractivity contribution >= 4 is 11.8 Å². The van der Waals surface area contributed by atoms with Gasteiger partial charge in [0.15, 0.2) is 0 Å². The van der Waals surface area contributed by atoms with Crippen LogP contribution in [0.15, 0.2) is 34.6 Å². The van der Waals surface area contributed by atoms with Gasteiger partial charge in [-0.15, -0.1) is 0 Å². The summed E-state index contributed by atoms with van der Waals surface area (Å²) in [6.07, 6.45) is 2.16. The molecule has 0 aliphatic carbocycles. The molecule has 1 aliphatic heterocycles. The molecule has 0 unspecified atom stereocenters. The molecule has 0 atom stereocenters. The highest BCUT2D eigenvalue weighted by molar-refractivity contribution is 5.84. The lowest BCUT2D eigenvalue weighted by atomic mass is 10.1. The lowest BCUT2D eigenvalue weighted by molar-refractivity contribution is 0.0259. The van der Waals surface area contributed by atoms with E-state index in [9.17, 15) is 4.79 Å². The molecule has 0 saturated carbocycles. The van der Waals surface area contributed by atoms with Gasteiger partial charge in [-0.1, -0.05) is 0 Å². The number of amides is 1. The highest BCUT2D eigenvalue weighted by Crippen LogP contribution is 2.21. The Kier molecular flexibility index (Phi) is 7.57. The van der Waals surface area contributed by atoms with Crippen LogP contribution < -0.4 is 4.74 Å². The average molecular weight is 389 g/mol. The van der Waals surface area contributed by atoms with Crippen LogP contribution in [-0.4, -0.2) is 54.1 Å². The normalized spacial score (nSPS) is 15.6. The van der Waals surface area contributed by atoms with Crippen molar-refractivity contribution in [3.05, 3.63) is 35.3 Å². The summed E-state index contributed by atoms with van der Waals surface area (Å²) in [5, 5.41) is 0. The van der Waals surface area contributed by atoms with E-state index in [0.29, 0.717) is 26.3 Å². The fraction of sp³-hybridized carbons (Fsp3) is 0.571. The zero-order valence-electron chi connectivity index (χ0n) is 17.7. The first-order valence-electron chi connectivity index (χ1n) is 9.45. The Morgan fingerprint density at radius 1 is 1.32 bits per heavy atom. The Morgan fingerprint density at radius 3 is 2.68 bits per heavy atom. The van der Waals surface area contributed by atoms with Crippen molar-refractivity contribution in [2.75, 3.05) is 26.8 Å². The van der Waals surface area contributed by atoms with Crippen molar-refractivity contribution in [3.8, 4) is 5.75 Å². The predicted octanol–water partition coefficient (Wildman–Crippen LogP) is 3.98. The maximum Gasteiger partial charge on any atom is 0.410 e. The summed E-state index contributed by atoms with van der Waals surface area (Å²) >= 11 is 0. The molecular formula is C21H31N3O4. The van der Waals surface area contributed by atoms with Gasteiger partial charge in [-0.2, -0.15) is 0 Å². The molecule has 0 spiro atoms. The second-order valence-corrected chi connectivity index (χ2v) is 7.91. The number of ether oxygens (including phenoxy) is 3. The van der Waals surface area contributed by atoms with Gasteiger partial charge in [0.05, 0.1) is 44.5 Å². The number of methoxy groups -OCH3 is 1. The van der Waals surface area contributed by atoms with Gasteiger partial charge in [0, 0.05) is 12.3 Å². The third-order valence-electron chi connectivity index (χ3n) is 4.16. The van der Waals surface area contributed by atoms with Gasteiger partial charge in [-0.05, 0) is 58.7 Å². The Labute approximate surface area is 167 Å². The SMILES string of the molecule is COc1ccc(COC/C(C)=N/C2=C(C)CCN(C(=O)OC(C)(C)C)C2)nc1. The minimum Gasteiger partial charge on any atom is -0.495 e. The number of aliphatic imine (C=N–C) groups is 1. The van der Waals surface area contributed by atoms with Crippen LogP contribution in [0, 0.1) is 0 Å². The Morgan fingerprint density at radius 2 is 2.07 bits per heavy atom. The number of hydrogen-bond acceptors (Lipinski definition) is 6. The Bertz CT molecular complexity index is 733. The summed E-state index contributed by atoms with van der Waals surface area (Å²) < 4.78 is 16.3. The zero-order valence-corrected chi connectivity index (χ0v) is 17.7. The van der Waals surface area contributed by atoms with Crippen LogP contribution >= 0.6 is 0 Å². The average Bonchev–Trinajstić information content (AvgIpc) is 2.62. The maximum atomic E-state index is 12.3. The van der Waals surface area contributed by atoms with E-state index in [1.54, 1.807) is 18.2 Å². The summed E-state index contributed by atoms with van der Waals surface area (Å²) in [4.78, 5) is 23.0. The van der Waals surface area contributed by atoms with E-state index < -0.39 is 5.60 Å². The number of aromatic nitrogens is 1. The van der Waals surface area contributed by atoms with Crippen LogP contribution in [0.2, 0.25) is 0 Å². The third kappa shape index (κ3) is 6.96. The molecule has 1 aromatic heterocycles. The molecule has 1 aliphatic rings. The van der Waals surface area contributed by atoms with E-state index >= 15 is 0 Å². The van der Waals surface area contributed by atoms with Gasteiger partial charge in [0.25, 0.3) is 0 Å². The largest absolute Gasteiger partial charge is 0.495 e. The highest BCUT2D eigenvalue weighted by atomic mass is 16.6. The molecule has 154 valence electrons. The highest BCUT2D eigenvalue weighted by Gasteiger charge is 2.25. The van der Waals surface area contributed by atoms with Crippen LogP contribution in [0.1, 0.15) is 46.7 Å². The smallest absolute Gasteiger partial charge is 0.410 e. The van der Waals surface area contributed by atoms with Crippen LogP contribution in [0.4, 0.5) is 4.79 Å². The molecule has 1 aromatic rings. The van der Waals surface area contributed by atoms with Crippen molar-refractivity contribution < 1.29 is 19.0 Å². The fourth-order valence-electron chi connectivity index (χ4n) is 2.64.